The van der Waals surface area contributed by atoms with Gasteiger partial charge >= 0.3 is 6.01 Å². The first-order valence-corrected chi connectivity index (χ1v) is 4.56. The van der Waals surface area contributed by atoms with Crippen molar-refractivity contribution in [2.45, 2.75) is 0 Å². The summed E-state index contributed by atoms with van der Waals surface area (Å²) in [5.74, 6) is -0.513. The Morgan fingerprint density at radius 3 is 2.88 bits per heavy atom. The van der Waals surface area contributed by atoms with Crippen molar-refractivity contribution in [2.24, 2.45) is 0 Å². The predicted molar refractivity (Wildman–Crippen MR) is 55.6 cm³/mol. The van der Waals surface area contributed by atoms with E-state index < -0.39 is 5.82 Å². The average molecular weight is 220 g/mol. The highest BCUT2D eigenvalue weighted by Gasteiger charge is 2.09. The Morgan fingerprint density at radius 1 is 1.38 bits per heavy atom. The van der Waals surface area contributed by atoms with Gasteiger partial charge in [0, 0.05) is 5.56 Å². The molecule has 1 N–H and O–H groups in total. The Morgan fingerprint density at radius 2 is 2.19 bits per heavy atom. The fraction of sp³-hybridized carbons (Fsp3) is 0.0909. The third-order valence-electron chi connectivity index (χ3n) is 2.02. The van der Waals surface area contributed by atoms with Gasteiger partial charge in [-0.2, -0.15) is 4.98 Å². The molecule has 0 saturated heterocycles. The van der Waals surface area contributed by atoms with Crippen molar-refractivity contribution in [1.82, 2.24) is 9.97 Å². The smallest absolute Gasteiger partial charge is 0.316 e. The minimum absolute atomic E-state index is 0.0504. The van der Waals surface area contributed by atoms with E-state index in [0.29, 0.717) is 5.56 Å². The number of hydrogen-bond donors (Lipinski definition) is 1. The molecule has 0 amide bonds. The van der Waals surface area contributed by atoms with E-state index in [0.717, 1.165) is 6.20 Å². The number of hydrogen-bond acceptors (Lipinski definition) is 4. The summed E-state index contributed by atoms with van der Waals surface area (Å²) in [6.45, 7) is 0. The van der Waals surface area contributed by atoms with Crippen molar-refractivity contribution in [3.63, 3.8) is 0 Å². The zero-order valence-corrected chi connectivity index (χ0v) is 8.51. The summed E-state index contributed by atoms with van der Waals surface area (Å²) in [5.41, 5.74) is 0.570. The number of phenolic OH excluding ortho intramolecular Hbond substituents is 1. The monoisotopic (exact) mass is 220 g/mol. The third-order valence-corrected chi connectivity index (χ3v) is 2.02. The first kappa shape index (κ1) is 10.4. The van der Waals surface area contributed by atoms with Crippen LogP contribution in [0.25, 0.3) is 11.3 Å². The van der Waals surface area contributed by atoms with Crippen LogP contribution >= 0.6 is 0 Å². The van der Waals surface area contributed by atoms with Crippen LogP contribution in [0.1, 0.15) is 0 Å². The molecule has 4 nitrogen and oxygen atoms in total. The minimum atomic E-state index is -0.564. The standard InChI is InChI=1S/C11H9FN2O2/c1-16-11-13-6-9(12)10(14-11)7-3-2-4-8(15)5-7/h2-6,15H,1H3. The molecule has 0 atom stereocenters. The molecule has 0 aliphatic heterocycles. The summed E-state index contributed by atoms with van der Waals surface area (Å²) < 4.78 is 18.3. The summed E-state index contributed by atoms with van der Waals surface area (Å²) >= 11 is 0. The van der Waals surface area contributed by atoms with Gasteiger partial charge in [0.2, 0.25) is 0 Å². The number of aromatic hydroxyl groups is 1. The van der Waals surface area contributed by atoms with Gasteiger partial charge < -0.3 is 9.84 Å². The van der Waals surface area contributed by atoms with Gasteiger partial charge in [-0.1, -0.05) is 12.1 Å². The lowest BCUT2D eigenvalue weighted by Gasteiger charge is -2.04. The average Bonchev–Trinajstić information content (AvgIpc) is 2.30. The zero-order valence-electron chi connectivity index (χ0n) is 8.51. The maximum Gasteiger partial charge on any atom is 0.316 e. The first-order chi connectivity index (χ1) is 7.70. The molecule has 2 aromatic rings. The van der Waals surface area contributed by atoms with E-state index in [9.17, 15) is 9.50 Å². The highest BCUT2D eigenvalue weighted by Crippen LogP contribution is 2.24. The van der Waals surface area contributed by atoms with E-state index in [1.54, 1.807) is 12.1 Å². The highest BCUT2D eigenvalue weighted by atomic mass is 19.1. The topological polar surface area (TPSA) is 55.2 Å². The van der Waals surface area contributed by atoms with Crippen molar-refractivity contribution >= 4 is 0 Å². The predicted octanol–water partition coefficient (Wildman–Crippen LogP) is 2.00. The van der Waals surface area contributed by atoms with E-state index in [1.807, 2.05) is 0 Å². The lowest BCUT2D eigenvalue weighted by Crippen LogP contribution is -1.96. The Kier molecular flexibility index (Phi) is 2.68. The second kappa shape index (κ2) is 4.14. The highest BCUT2D eigenvalue weighted by molar-refractivity contribution is 5.61. The molecule has 0 unspecified atom stereocenters. The zero-order chi connectivity index (χ0) is 11.5. The van der Waals surface area contributed by atoms with Crippen LogP contribution < -0.4 is 4.74 Å². The number of benzene rings is 1. The Bertz CT molecular complexity index is 517. The van der Waals surface area contributed by atoms with Crippen LogP contribution in [-0.2, 0) is 0 Å². The Labute approximate surface area is 91.4 Å². The summed E-state index contributed by atoms with van der Waals surface area (Å²) in [6.07, 6.45) is 1.03. The number of phenols is 1. The van der Waals surface area contributed by atoms with E-state index in [4.69, 9.17) is 4.74 Å². The van der Waals surface area contributed by atoms with Crippen LogP contribution in [0.15, 0.2) is 30.5 Å². The van der Waals surface area contributed by atoms with Crippen molar-refractivity contribution in [3.05, 3.63) is 36.3 Å². The molecule has 0 aliphatic rings. The molecule has 0 spiro atoms. The molecule has 0 radical (unpaired) electrons. The van der Waals surface area contributed by atoms with Crippen LogP contribution in [0, 0.1) is 5.82 Å². The molecule has 0 aliphatic carbocycles. The maximum absolute atomic E-state index is 13.5. The molecular weight excluding hydrogens is 211 g/mol. The van der Waals surface area contributed by atoms with E-state index in [-0.39, 0.29) is 17.5 Å². The van der Waals surface area contributed by atoms with Gasteiger partial charge in [-0.25, -0.2) is 9.37 Å². The van der Waals surface area contributed by atoms with Gasteiger partial charge in [-0.15, -0.1) is 0 Å². The van der Waals surface area contributed by atoms with Gasteiger partial charge in [-0.05, 0) is 12.1 Å². The summed E-state index contributed by atoms with van der Waals surface area (Å²) in [4.78, 5) is 7.52. The molecule has 0 fully saturated rings. The van der Waals surface area contributed by atoms with Crippen LogP contribution in [0.5, 0.6) is 11.8 Å². The van der Waals surface area contributed by atoms with Gasteiger partial charge in [0.15, 0.2) is 5.82 Å². The van der Waals surface area contributed by atoms with Crippen LogP contribution in [0.2, 0.25) is 0 Å². The van der Waals surface area contributed by atoms with Gasteiger partial charge in [0.25, 0.3) is 0 Å². The molecule has 1 heterocycles. The molecule has 5 heteroatoms. The quantitative estimate of drug-likeness (QED) is 0.840. The lowest BCUT2D eigenvalue weighted by atomic mass is 10.1. The SMILES string of the molecule is COc1ncc(F)c(-c2cccc(O)c2)n1. The maximum atomic E-state index is 13.5. The number of methoxy groups -OCH3 is 1. The summed E-state index contributed by atoms with van der Waals surface area (Å²) in [5, 5.41) is 9.29. The molecular formula is C11H9FN2O2. The Hall–Kier alpha value is -2.17. The number of halogens is 1. The van der Waals surface area contributed by atoms with Crippen molar-refractivity contribution < 1.29 is 14.2 Å². The number of ether oxygens (including phenoxy) is 1. The van der Waals surface area contributed by atoms with Crippen molar-refractivity contribution in [1.29, 1.82) is 0 Å². The molecule has 1 aromatic carbocycles. The first-order valence-electron chi connectivity index (χ1n) is 4.56. The molecule has 1 aromatic heterocycles. The molecule has 0 saturated carbocycles. The van der Waals surface area contributed by atoms with Crippen LogP contribution in [0.3, 0.4) is 0 Å². The second-order valence-electron chi connectivity index (χ2n) is 3.10. The van der Waals surface area contributed by atoms with Crippen LogP contribution in [-0.4, -0.2) is 22.2 Å². The van der Waals surface area contributed by atoms with E-state index in [2.05, 4.69) is 9.97 Å². The van der Waals surface area contributed by atoms with E-state index >= 15 is 0 Å². The van der Waals surface area contributed by atoms with Crippen molar-refractivity contribution in [2.75, 3.05) is 7.11 Å². The van der Waals surface area contributed by atoms with Gasteiger partial charge in [0.05, 0.1) is 13.3 Å². The fourth-order valence-electron chi connectivity index (χ4n) is 1.30. The second-order valence-corrected chi connectivity index (χ2v) is 3.10. The number of rotatable bonds is 2. The Balaban J connectivity index is 2.54. The molecule has 0 bridgehead atoms. The van der Waals surface area contributed by atoms with Crippen molar-refractivity contribution in [3.8, 4) is 23.0 Å². The normalized spacial score (nSPS) is 10.1. The van der Waals surface area contributed by atoms with Crippen LogP contribution in [0.4, 0.5) is 4.39 Å². The summed E-state index contributed by atoms with van der Waals surface area (Å²) in [6, 6.07) is 6.26. The largest absolute Gasteiger partial charge is 0.508 e. The molecule has 82 valence electrons. The summed E-state index contributed by atoms with van der Waals surface area (Å²) in [7, 11) is 1.40. The molecule has 2 rings (SSSR count). The fourth-order valence-corrected chi connectivity index (χ4v) is 1.30. The molecule has 16 heavy (non-hydrogen) atoms. The number of aromatic nitrogens is 2. The minimum Gasteiger partial charge on any atom is -0.508 e. The van der Waals surface area contributed by atoms with Gasteiger partial charge in [-0.3, -0.25) is 0 Å². The number of nitrogens with zero attached hydrogens (tertiary/aromatic N) is 2. The lowest BCUT2D eigenvalue weighted by molar-refractivity contribution is 0.377. The van der Waals surface area contributed by atoms with E-state index in [1.165, 1.54) is 19.2 Å². The third kappa shape index (κ3) is 1.93. The van der Waals surface area contributed by atoms with Gasteiger partial charge in [0.1, 0.15) is 11.4 Å².